The van der Waals surface area contributed by atoms with Crippen LogP contribution in [-0.4, -0.2) is 80.6 Å². The third-order valence-corrected chi connectivity index (χ3v) is 13.1. The van der Waals surface area contributed by atoms with Crippen molar-refractivity contribution < 1.29 is 38.2 Å². The van der Waals surface area contributed by atoms with Crippen LogP contribution in [0, 0.1) is 0 Å². The molecule has 0 aromatic carbocycles. The minimum absolute atomic E-state index is 0.0447. The molecule has 0 aromatic heterocycles. The molecule has 2 unspecified atom stereocenters. The normalized spacial score (nSPS) is 12.9. The van der Waals surface area contributed by atoms with Crippen LogP contribution in [0.1, 0.15) is 277 Å². The Balaban J connectivity index is 4.13. The molecule has 0 fully saturated rings. The molecular formula is C58H110NO7+. The van der Waals surface area contributed by atoms with E-state index >= 15 is 0 Å². The first kappa shape index (κ1) is 63.8. The van der Waals surface area contributed by atoms with E-state index in [9.17, 15) is 19.5 Å². The second kappa shape index (κ2) is 49.2. The van der Waals surface area contributed by atoms with E-state index in [0.29, 0.717) is 19.3 Å². The summed E-state index contributed by atoms with van der Waals surface area (Å²) in [6, 6.07) is -0.612. The Morgan fingerprint density at radius 3 is 1.24 bits per heavy atom. The minimum atomic E-state index is -0.870. The average molecular weight is 934 g/mol. The van der Waals surface area contributed by atoms with Crippen molar-refractivity contribution >= 4 is 17.9 Å². The summed E-state index contributed by atoms with van der Waals surface area (Å²) in [4.78, 5) is 37.3. The predicted octanol–water partition coefficient (Wildman–Crippen LogP) is 16.8. The number of allylic oxidation sites excluding steroid dienone is 4. The smallest absolute Gasteiger partial charge is 0.362 e. The maximum atomic E-state index is 12.8. The zero-order chi connectivity index (χ0) is 48.4. The molecule has 0 spiro atoms. The van der Waals surface area contributed by atoms with Gasteiger partial charge in [0.2, 0.25) is 0 Å². The zero-order valence-corrected chi connectivity index (χ0v) is 44.4. The van der Waals surface area contributed by atoms with Crippen LogP contribution >= 0.6 is 0 Å². The van der Waals surface area contributed by atoms with Crippen LogP contribution in [0.3, 0.4) is 0 Å². The second-order valence-corrected chi connectivity index (χ2v) is 20.5. The molecule has 8 nitrogen and oxygen atoms in total. The highest BCUT2D eigenvalue weighted by Gasteiger charge is 2.31. The fraction of sp³-hybridized carbons (Fsp3) is 0.879. The number of carboxylic acid groups (broad SMARTS) is 1. The molecule has 0 heterocycles. The molecule has 0 aromatic rings. The molecular weight excluding hydrogens is 823 g/mol. The van der Waals surface area contributed by atoms with Crippen molar-refractivity contribution in [3.8, 4) is 0 Å². The van der Waals surface area contributed by atoms with E-state index in [0.717, 1.165) is 51.4 Å². The summed E-state index contributed by atoms with van der Waals surface area (Å²) < 4.78 is 17.4. The summed E-state index contributed by atoms with van der Waals surface area (Å²) in [6.45, 7) is 4.70. The summed E-state index contributed by atoms with van der Waals surface area (Å²) in [6.07, 6.45) is 58.1. The molecule has 0 amide bonds. The van der Waals surface area contributed by atoms with Gasteiger partial charge >= 0.3 is 17.9 Å². The molecule has 0 saturated heterocycles. The first-order valence-corrected chi connectivity index (χ1v) is 28.4. The van der Waals surface area contributed by atoms with Crippen molar-refractivity contribution in [3.05, 3.63) is 24.3 Å². The van der Waals surface area contributed by atoms with Gasteiger partial charge in [0.15, 0.2) is 12.1 Å². The Hall–Kier alpha value is -2.19. The van der Waals surface area contributed by atoms with Gasteiger partial charge in [-0.1, -0.05) is 244 Å². The molecule has 388 valence electrons. The number of likely N-dealkylation sites (N-methyl/N-ethyl adjacent to an activating group) is 1. The van der Waals surface area contributed by atoms with Crippen LogP contribution in [0.5, 0.6) is 0 Å². The van der Waals surface area contributed by atoms with Gasteiger partial charge in [0.1, 0.15) is 6.61 Å². The molecule has 0 saturated carbocycles. The van der Waals surface area contributed by atoms with Gasteiger partial charge in [-0.2, -0.15) is 0 Å². The number of unbranched alkanes of at least 4 members (excludes halogenated alkanes) is 34. The molecule has 0 rings (SSSR count). The van der Waals surface area contributed by atoms with Crippen LogP contribution in [-0.2, 0) is 28.6 Å². The fourth-order valence-corrected chi connectivity index (χ4v) is 8.78. The van der Waals surface area contributed by atoms with Gasteiger partial charge in [-0.3, -0.25) is 9.59 Å². The van der Waals surface area contributed by atoms with E-state index in [1.54, 1.807) is 0 Å². The SMILES string of the molecule is CC/C=C/C/C=C/CCCCCCCCCCCCCCCCC(=O)OC(COCCC(C(=O)O)[N+](C)(C)C)COC(=O)CCCCCCCCCCCCCCCCCCCCCCC. The summed E-state index contributed by atoms with van der Waals surface area (Å²) in [5.41, 5.74) is 0. The standard InChI is InChI=1S/C58H109NO7/c1-6-8-10-12-14-16-18-20-22-24-26-28-30-32-34-36-38-40-42-44-46-48-56(60)65-53-54(52-64-51-50-55(58(62)63)59(3,4)5)66-57(61)49-47-45-43-41-39-37-35-33-31-29-27-25-23-21-19-17-15-13-11-9-7-2/h9,11,15,17,54-55H,6-8,10,12-14,16,18-53H2,1-5H3/p+1/b11-9+,17-15+. The number of carboxylic acids is 1. The molecule has 1 N–H and O–H groups in total. The van der Waals surface area contributed by atoms with Crippen LogP contribution in [0.4, 0.5) is 0 Å². The molecule has 0 aliphatic heterocycles. The monoisotopic (exact) mass is 933 g/mol. The van der Waals surface area contributed by atoms with Gasteiger partial charge in [0.05, 0.1) is 34.4 Å². The highest BCUT2D eigenvalue weighted by molar-refractivity contribution is 5.72. The molecule has 2 atom stereocenters. The summed E-state index contributed by atoms with van der Waals surface area (Å²) in [5.74, 6) is -1.44. The first-order valence-electron chi connectivity index (χ1n) is 28.4. The maximum Gasteiger partial charge on any atom is 0.362 e. The highest BCUT2D eigenvalue weighted by Crippen LogP contribution is 2.18. The summed E-state index contributed by atoms with van der Waals surface area (Å²) in [5, 5.41) is 9.67. The lowest BCUT2D eigenvalue weighted by molar-refractivity contribution is -0.887. The van der Waals surface area contributed by atoms with Gasteiger partial charge < -0.3 is 23.8 Å². The van der Waals surface area contributed by atoms with E-state index in [-0.39, 0.29) is 36.2 Å². The predicted molar refractivity (Wildman–Crippen MR) is 280 cm³/mol. The van der Waals surface area contributed by atoms with E-state index in [1.807, 2.05) is 21.1 Å². The fourth-order valence-electron chi connectivity index (χ4n) is 8.78. The van der Waals surface area contributed by atoms with Gasteiger partial charge in [-0.25, -0.2) is 4.79 Å². The number of quaternary nitrogens is 1. The average Bonchev–Trinajstić information content (AvgIpc) is 3.28. The molecule has 0 radical (unpaired) electrons. The Morgan fingerprint density at radius 2 is 0.848 bits per heavy atom. The second-order valence-electron chi connectivity index (χ2n) is 20.5. The number of hydrogen-bond acceptors (Lipinski definition) is 6. The third kappa shape index (κ3) is 46.9. The van der Waals surface area contributed by atoms with Crippen LogP contribution in [0.15, 0.2) is 24.3 Å². The first-order chi connectivity index (χ1) is 32.1. The Kier molecular flexibility index (Phi) is 47.6. The van der Waals surface area contributed by atoms with E-state index in [1.165, 1.54) is 193 Å². The minimum Gasteiger partial charge on any atom is -0.477 e. The van der Waals surface area contributed by atoms with Crippen molar-refractivity contribution in [2.75, 3.05) is 41.0 Å². The van der Waals surface area contributed by atoms with Crippen molar-refractivity contribution in [3.63, 3.8) is 0 Å². The number of nitrogens with zero attached hydrogens (tertiary/aromatic N) is 1. The molecule has 66 heavy (non-hydrogen) atoms. The number of esters is 2. The maximum absolute atomic E-state index is 12.8. The largest absolute Gasteiger partial charge is 0.477 e. The third-order valence-electron chi connectivity index (χ3n) is 13.1. The van der Waals surface area contributed by atoms with Gasteiger partial charge in [0, 0.05) is 19.3 Å². The van der Waals surface area contributed by atoms with Gasteiger partial charge in [0.25, 0.3) is 0 Å². The number of carbonyl (C=O) groups excluding carboxylic acids is 2. The quantitative estimate of drug-likeness (QED) is 0.0281. The zero-order valence-electron chi connectivity index (χ0n) is 44.4. The number of carbonyl (C=O) groups is 3. The lowest BCUT2D eigenvalue weighted by atomic mass is 10.0. The number of aliphatic carboxylic acids is 1. The van der Waals surface area contributed by atoms with Crippen LogP contribution in [0.2, 0.25) is 0 Å². The molecule has 8 heteroatoms. The van der Waals surface area contributed by atoms with E-state index in [4.69, 9.17) is 14.2 Å². The van der Waals surface area contributed by atoms with Crippen molar-refractivity contribution in [2.24, 2.45) is 0 Å². The molecule has 0 aliphatic carbocycles. The number of ether oxygens (including phenoxy) is 3. The summed E-state index contributed by atoms with van der Waals surface area (Å²) >= 11 is 0. The van der Waals surface area contributed by atoms with E-state index < -0.39 is 18.1 Å². The van der Waals surface area contributed by atoms with Crippen LogP contribution < -0.4 is 0 Å². The summed E-state index contributed by atoms with van der Waals surface area (Å²) in [7, 11) is 5.55. The lowest BCUT2D eigenvalue weighted by Crippen LogP contribution is -2.50. The Bertz CT molecular complexity index is 1130. The Morgan fingerprint density at radius 1 is 0.470 bits per heavy atom. The highest BCUT2D eigenvalue weighted by atomic mass is 16.6. The Labute approximate surface area is 409 Å². The van der Waals surface area contributed by atoms with Crippen molar-refractivity contribution in [1.29, 1.82) is 0 Å². The number of hydrogen-bond donors (Lipinski definition) is 1. The van der Waals surface area contributed by atoms with Crippen molar-refractivity contribution in [2.45, 2.75) is 289 Å². The van der Waals surface area contributed by atoms with Gasteiger partial charge in [-0.15, -0.1) is 0 Å². The molecule has 0 aliphatic rings. The van der Waals surface area contributed by atoms with E-state index in [2.05, 4.69) is 38.2 Å². The van der Waals surface area contributed by atoms with Gasteiger partial charge in [-0.05, 0) is 38.5 Å². The van der Waals surface area contributed by atoms with Crippen LogP contribution in [0.25, 0.3) is 0 Å². The van der Waals surface area contributed by atoms with Crippen molar-refractivity contribution in [1.82, 2.24) is 0 Å². The topological polar surface area (TPSA) is 99.1 Å². The molecule has 0 bridgehead atoms. The lowest BCUT2D eigenvalue weighted by Gasteiger charge is -2.31. The number of rotatable bonds is 52.